The first-order valence-electron chi connectivity index (χ1n) is 10.1. The third-order valence-corrected chi connectivity index (χ3v) is 6.70. The lowest BCUT2D eigenvalue weighted by atomic mass is 10.0. The number of nitrogens with zero attached hydrogens (tertiary/aromatic N) is 1. The number of rotatable bonds is 6. The molecule has 2 aliphatic rings. The van der Waals surface area contributed by atoms with Crippen molar-refractivity contribution in [2.24, 2.45) is 0 Å². The summed E-state index contributed by atoms with van der Waals surface area (Å²) < 4.78 is 25.3. The maximum absolute atomic E-state index is 12.4. The zero-order valence-electron chi connectivity index (χ0n) is 16.2. The molecule has 0 aromatic heterocycles. The molecule has 27 heavy (non-hydrogen) atoms. The van der Waals surface area contributed by atoms with Crippen molar-refractivity contribution in [2.75, 3.05) is 30.2 Å². The largest absolute Gasteiger partial charge is 0.351 e. The van der Waals surface area contributed by atoms with E-state index < -0.39 is 10.0 Å². The van der Waals surface area contributed by atoms with E-state index in [1.54, 1.807) is 12.1 Å². The highest BCUT2D eigenvalue weighted by Gasteiger charge is 2.24. The van der Waals surface area contributed by atoms with Crippen LogP contribution in [0.2, 0.25) is 0 Å². The Morgan fingerprint density at radius 1 is 1.11 bits per heavy atom. The Balaban J connectivity index is 1.53. The van der Waals surface area contributed by atoms with Crippen molar-refractivity contribution < 1.29 is 13.2 Å². The Morgan fingerprint density at radius 2 is 1.85 bits per heavy atom. The zero-order chi connectivity index (χ0) is 19.3. The highest BCUT2D eigenvalue weighted by atomic mass is 32.2. The van der Waals surface area contributed by atoms with Gasteiger partial charge >= 0.3 is 0 Å². The summed E-state index contributed by atoms with van der Waals surface area (Å²) in [7, 11) is -3.28. The van der Waals surface area contributed by atoms with Crippen LogP contribution in [0.15, 0.2) is 18.2 Å². The van der Waals surface area contributed by atoms with E-state index in [1.165, 1.54) is 49.1 Å². The van der Waals surface area contributed by atoms with Gasteiger partial charge in [-0.15, -0.1) is 0 Å². The molecule has 1 amide bonds. The van der Waals surface area contributed by atoms with E-state index in [4.69, 9.17) is 0 Å². The molecule has 150 valence electrons. The predicted octanol–water partition coefficient (Wildman–Crippen LogP) is 2.44. The fourth-order valence-corrected chi connectivity index (χ4v) is 5.08. The lowest BCUT2D eigenvalue weighted by Crippen LogP contribution is -2.37. The highest BCUT2D eigenvalue weighted by Crippen LogP contribution is 2.29. The molecule has 7 heteroatoms. The Morgan fingerprint density at radius 3 is 2.56 bits per heavy atom. The van der Waals surface area contributed by atoms with Crippen LogP contribution in [0.5, 0.6) is 0 Å². The van der Waals surface area contributed by atoms with Crippen molar-refractivity contribution in [1.29, 1.82) is 0 Å². The number of carbonyl (C=O) groups excluding carboxylic acids is 1. The van der Waals surface area contributed by atoms with Gasteiger partial charge in [-0.05, 0) is 49.4 Å². The van der Waals surface area contributed by atoms with Gasteiger partial charge in [0.15, 0.2) is 0 Å². The van der Waals surface area contributed by atoms with Crippen LogP contribution in [-0.4, -0.2) is 46.3 Å². The minimum atomic E-state index is -3.28. The minimum Gasteiger partial charge on any atom is -0.351 e. The van der Waals surface area contributed by atoms with Crippen LogP contribution in [0.3, 0.4) is 0 Å². The Labute approximate surface area is 162 Å². The quantitative estimate of drug-likeness (QED) is 0.575. The van der Waals surface area contributed by atoms with Crippen molar-refractivity contribution in [3.63, 3.8) is 0 Å². The highest BCUT2D eigenvalue weighted by molar-refractivity contribution is 7.92. The second kappa shape index (κ2) is 9.06. The minimum absolute atomic E-state index is 0.100. The first-order chi connectivity index (χ1) is 12.9. The van der Waals surface area contributed by atoms with Gasteiger partial charge in [0.2, 0.25) is 10.0 Å². The van der Waals surface area contributed by atoms with Gasteiger partial charge in [-0.2, -0.15) is 0 Å². The number of benzene rings is 1. The molecule has 1 aromatic carbocycles. The molecule has 1 saturated carbocycles. The molecule has 0 atom stereocenters. The molecule has 0 unspecified atom stereocenters. The topological polar surface area (TPSA) is 78.5 Å². The number of nitrogens with one attached hydrogen (secondary N) is 2. The fourth-order valence-electron chi connectivity index (χ4n) is 4.09. The molecule has 1 heterocycles. The van der Waals surface area contributed by atoms with Gasteiger partial charge in [-0.1, -0.05) is 25.7 Å². The summed E-state index contributed by atoms with van der Waals surface area (Å²) in [6, 6.07) is 5.89. The van der Waals surface area contributed by atoms with Crippen LogP contribution in [0, 0.1) is 0 Å². The molecular formula is C20H31N3O3S. The Kier molecular flexibility index (Phi) is 6.76. The van der Waals surface area contributed by atoms with Crippen molar-refractivity contribution in [2.45, 2.75) is 57.4 Å². The van der Waals surface area contributed by atoms with E-state index in [1.807, 2.05) is 6.07 Å². The maximum atomic E-state index is 12.4. The standard InChI is InChI=1S/C20H31N3O3S/c1-27(25,26)23-14-6-7-16-15-17(10-11-19(16)23)20(24)22-13-12-21-18-8-4-2-3-5-9-18/h10-11,15,18,21H,2-9,12-14H2,1H3,(H,22,24). The molecule has 2 N–H and O–H groups in total. The number of hydrogen-bond donors (Lipinski definition) is 2. The van der Waals surface area contributed by atoms with Gasteiger partial charge in [0.1, 0.15) is 0 Å². The lowest BCUT2D eigenvalue weighted by molar-refractivity contribution is 0.0953. The molecule has 0 spiro atoms. The summed E-state index contributed by atoms with van der Waals surface area (Å²) in [6.07, 6.45) is 10.5. The van der Waals surface area contributed by atoms with E-state index in [0.29, 0.717) is 30.4 Å². The first kappa shape index (κ1) is 20.1. The summed E-state index contributed by atoms with van der Waals surface area (Å²) in [5, 5.41) is 6.52. The molecule has 6 nitrogen and oxygen atoms in total. The van der Waals surface area contributed by atoms with Crippen molar-refractivity contribution in [3.8, 4) is 0 Å². The van der Waals surface area contributed by atoms with E-state index >= 15 is 0 Å². The fraction of sp³-hybridized carbons (Fsp3) is 0.650. The van der Waals surface area contributed by atoms with E-state index in [2.05, 4.69) is 10.6 Å². The maximum Gasteiger partial charge on any atom is 0.251 e. The van der Waals surface area contributed by atoms with Crippen LogP contribution in [0.25, 0.3) is 0 Å². The molecule has 0 bridgehead atoms. The first-order valence-corrected chi connectivity index (χ1v) is 11.9. The lowest BCUT2D eigenvalue weighted by Gasteiger charge is -2.29. The molecule has 0 radical (unpaired) electrons. The van der Waals surface area contributed by atoms with Crippen LogP contribution in [0.4, 0.5) is 5.69 Å². The second-order valence-corrected chi connectivity index (χ2v) is 9.59. The number of fused-ring (bicyclic) bond motifs is 1. The second-order valence-electron chi connectivity index (χ2n) is 7.68. The SMILES string of the molecule is CS(=O)(=O)N1CCCc2cc(C(=O)NCCNC3CCCCCC3)ccc21. The molecule has 1 aliphatic heterocycles. The summed E-state index contributed by atoms with van der Waals surface area (Å²) in [5.74, 6) is -0.100. The molecule has 1 aromatic rings. The van der Waals surface area contributed by atoms with E-state index in [0.717, 1.165) is 24.9 Å². The summed E-state index contributed by atoms with van der Waals surface area (Å²) in [4.78, 5) is 12.4. The van der Waals surface area contributed by atoms with Crippen molar-refractivity contribution >= 4 is 21.6 Å². The van der Waals surface area contributed by atoms with Crippen LogP contribution in [-0.2, 0) is 16.4 Å². The average molecular weight is 394 g/mol. The van der Waals surface area contributed by atoms with Crippen molar-refractivity contribution in [3.05, 3.63) is 29.3 Å². The summed E-state index contributed by atoms with van der Waals surface area (Å²) in [6.45, 7) is 1.88. The van der Waals surface area contributed by atoms with E-state index in [-0.39, 0.29) is 5.91 Å². The number of carbonyl (C=O) groups is 1. The number of anilines is 1. The van der Waals surface area contributed by atoms with Gasteiger partial charge < -0.3 is 10.6 Å². The molecule has 3 rings (SSSR count). The Bertz CT molecular complexity index is 756. The van der Waals surface area contributed by atoms with Crippen LogP contribution >= 0.6 is 0 Å². The molecule has 1 fully saturated rings. The van der Waals surface area contributed by atoms with Gasteiger partial charge in [-0.3, -0.25) is 9.10 Å². The number of amides is 1. The van der Waals surface area contributed by atoms with Crippen molar-refractivity contribution in [1.82, 2.24) is 10.6 Å². The van der Waals surface area contributed by atoms with Gasteiger partial charge in [0, 0.05) is 31.2 Å². The third kappa shape index (κ3) is 5.45. The Hall–Kier alpha value is -1.60. The molecule has 0 saturated heterocycles. The van der Waals surface area contributed by atoms with Gasteiger partial charge in [0.25, 0.3) is 5.91 Å². The smallest absolute Gasteiger partial charge is 0.251 e. The zero-order valence-corrected chi connectivity index (χ0v) is 17.0. The monoisotopic (exact) mass is 393 g/mol. The van der Waals surface area contributed by atoms with Crippen LogP contribution < -0.4 is 14.9 Å². The summed E-state index contributed by atoms with van der Waals surface area (Å²) in [5.41, 5.74) is 2.23. The predicted molar refractivity (Wildman–Crippen MR) is 109 cm³/mol. The number of aryl methyl sites for hydroxylation is 1. The molecule has 1 aliphatic carbocycles. The third-order valence-electron chi connectivity index (χ3n) is 5.52. The molecular weight excluding hydrogens is 362 g/mol. The number of sulfonamides is 1. The number of hydrogen-bond acceptors (Lipinski definition) is 4. The van der Waals surface area contributed by atoms with E-state index in [9.17, 15) is 13.2 Å². The summed E-state index contributed by atoms with van der Waals surface area (Å²) >= 11 is 0. The normalized spacial score (nSPS) is 18.6. The van der Waals surface area contributed by atoms with Crippen LogP contribution in [0.1, 0.15) is 60.9 Å². The van der Waals surface area contributed by atoms with Gasteiger partial charge in [-0.25, -0.2) is 8.42 Å². The average Bonchev–Trinajstić information content (AvgIpc) is 2.92. The van der Waals surface area contributed by atoms with Gasteiger partial charge in [0.05, 0.1) is 11.9 Å².